The highest BCUT2D eigenvalue weighted by molar-refractivity contribution is 5.95. The molecule has 2 heterocycles. The first-order valence-electron chi connectivity index (χ1n) is 42.5. The molecule has 4 unspecified atom stereocenters. The molecule has 6 N–H and O–H groups in total. The molecule has 11 aliphatic rings. The SMILES string of the molecule is C#CCCCCCCCCCOC(=O)N[C@H]1CCC1=O.CC1(F)Oc2ccc(COC(=O)N[C@H]3CCC3=O)cc2O1.CCCC1CCC(COC(=O)N[C@H]2CCC2=O)CC1.Cc1ccc(COC(=O)N[C@H]2CCC2=O)cc1.O=C(N[C@H]1CCC1=O)OCc1ccc(OC2CC3CCC2C3)cc1.O=C(N[C@H]1CCC1=O)OCc1ccc2c(c1)OCO2. The Balaban J connectivity index is 0.000000152. The van der Waals surface area contributed by atoms with Crippen molar-refractivity contribution in [2.45, 2.75) is 288 Å². The number of ketones is 6. The molecule has 10 atom stereocenters. The number of amides is 6. The highest BCUT2D eigenvalue weighted by Crippen LogP contribution is 2.46. The van der Waals surface area contributed by atoms with Crippen LogP contribution in [0.4, 0.5) is 33.2 Å². The van der Waals surface area contributed by atoms with Crippen LogP contribution in [0.1, 0.15) is 234 Å². The van der Waals surface area contributed by atoms with Crippen molar-refractivity contribution in [3.05, 3.63) is 113 Å². The molecule has 0 radical (unpaired) electrons. The van der Waals surface area contributed by atoms with Crippen molar-refractivity contribution in [1.29, 1.82) is 0 Å². The number of benzene rings is 4. The third-order valence-corrected chi connectivity index (χ3v) is 23.0. The van der Waals surface area contributed by atoms with E-state index in [-0.39, 0.29) is 104 Å². The molecule has 650 valence electrons. The van der Waals surface area contributed by atoms with Gasteiger partial charge in [-0.15, -0.1) is 12.3 Å². The van der Waals surface area contributed by atoms with Crippen LogP contribution in [0.15, 0.2) is 84.9 Å². The number of alkyl carbamates (subject to hydrolysis) is 6. The summed E-state index contributed by atoms with van der Waals surface area (Å²) in [6.45, 7) is 7.09. The normalized spacial score (nSPS) is 24.2. The number of halogens is 1. The Kier molecular flexibility index (Phi) is 35.4. The Labute approximate surface area is 699 Å². The number of terminal acetylenes is 1. The fourth-order valence-electron chi connectivity index (χ4n) is 14.8. The predicted molar refractivity (Wildman–Crippen MR) is 434 cm³/mol. The Morgan fingerprint density at radius 3 is 1.26 bits per heavy atom. The lowest BCUT2D eigenvalue weighted by atomic mass is 9.80. The second-order valence-corrected chi connectivity index (χ2v) is 32.3. The minimum Gasteiger partial charge on any atom is -0.490 e. The van der Waals surface area contributed by atoms with E-state index < -0.39 is 48.6 Å². The highest BCUT2D eigenvalue weighted by atomic mass is 19.2. The number of hydrogen-bond acceptors (Lipinski definition) is 23. The van der Waals surface area contributed by atoms with E-state index in [1.165, 1.54) is 95.5 Å². The van der Waals surface area contributed by atoms with Crippen molar-refractivity contribution < 1.29 is 114 Å². The largest absolute Gasteiger partial charge is 0.490 e. The van der Waals surface area contributed by atoms with E-state index in [2.05, 4.69) is 44.7 Å². The van der Waals surface area contributed by atoms with Gasteiger partial charge in [0.05, 0.1) is 49.5 Å². The van der Waals surface area contributed by atoms with Crippen LogP contribution in [-0.2, 0) is 83.6 Å². The summed E-state index contributed by atoms with van der Waals surface area (Å²) in [6.07, 6.45) is 31.4. The van der Waals surface area contributed by atoms with Gasteiger partial charge in [0, 0.05) is 51.9 Å². The van der Waals surface area contributed by atoms with Gasteiger partial charge in [-0.2, -0.15) is 4.39 Å². The molecule has 2 aliphatic heterocycles. The van der Waals surface area contributed by atoms with Crippen LogP contribution in [-0.4, -0.2) is 140 Å². The number of nitrogens with one attached hydrogen (secondary N) is 6. The number of aryl methyl sites for hydroxylation is 1. The van der Waals surface area contributed by atoms with E-state index in [9.17, 15) is 61.9 Å². The Bertz CT molecular complexity index is 4200. The molecular formula is C90H115FN6O23. The number of hydrogen-bond donors (Lipinski definition) is 6. The predicted octanol–water partition coefficient (Wildman–Crippen LogP) is 14.8. The zero-order valence-electron chi connectivity index (χ0n) is 68.9. The summed E-state index contributed by atoms with van der Waals surface area (Å²) in [5.74, 6) is 8.87. The van der Waals surface area contributed by atoms with Gasteiger partial charge in [0.2, 0.25) is 6.79 Å². The van der Waals surface area contributed by atoms with Crippen LogP contribution in [0, 0.1) is 42.9 Å². The molecule has 4 aromatic carbocycles. The summed E-state index contributed by atoms with van der Waals surface area (Å²) in [5, 5.41) is 15.3. The van der Waals surface area contributed by atoms with Crippen LogP contribution in [0.25, 0.3) is 0 Å². The standard InChI is InChI=1S/C19H23NO4.C16H25NO3.C15H25NO3.C14H14FNO5.C13H13NO5.C13H15NO3/c21-17-8-7-16(17)20-19(22)23-11-12-2-5-15(6-3-12)24-18-10-13-1-4-14(18)9-13;1-2-3-4-5-6-7-8-9-10-13-20-16(19)17-14-11-12-15(14)18;1-2-3-11-4-6-12(7-5-11)10-19-15(18)16-13-8-9-14(13)17;1-14(15)20-11-5-2-8(6-12(11)21-14)7-19-13(18)16-9-3-4-10(9)17;15-10-3-2-9(10)14-13(16)17-6-8-1-4-11-12(5-8)19-7-18-11;1-9-2-4-10(5-3-9)8-17-13(16)14-11-6-7-12(11)15/h2-3,5-6,13-14,16,18H,1,4,7-11H2,(H,20,22);1,14H,3-13H2,(H,17,19);11-13H,2-10H2,1H3,(H,16,18);2,5-6,9H,3-4,7H2,1H3,(H,16,18);1,4-5,9H,2-3,6-7H2,(H,14,16);2-5,11H,6-8H2,1H3,(H,14,16)/t13?,14?,16-,18?;14-;11?,12?,13-;9-,14?;9-;11-/m000000/s1. The average Bonchev–Trinajstić information content (AvgIpc) is 1.67. The molecule has 120 heavy (non-hydrogen) atoms. The summed E-state index contributed by atoms with van der Waals surface area (Å²) in [5.41, 5.74) is 4.44. The molecule has 15 rings (SSSR count). The first kappa shape index (κ1) is 91.3. The number of fused-ring (bicyclic) bond motifs is 4. The van der Waals surface area contributed by atoms with Gasteiger partial charge in [-0.05, 0) is 179 Å². The summed E-state index contributed by atoms with van der Waals surface area (Å²) in [6, 6.07) is 21.3. The molecule has 29 nitrogen and oxygen atoms in total. The molecule has 0 aromatic heterocycles. The molecule has 9 fully saturated rings. The maximum absolute atomic E-state index is 13.5. The highest BCUT2D eigenvalue weighted by Gasteiger charge is 2.42. The molecule has 9 aliphatic carbocycles. The molecule has 6 amide bonds. The lowest BCUT2D eigenvalue weighted by Crippen LogP contribution is -2.47. The Morgan fingerprint density at radius 2 is 0.833 bits per heavy atom. The Hall–Kier alpha value is -11.0. The third-order valence-electron chi connectivity index (χ3n) is 23.0. The summed E-state index contributed by atoms with van der Waals surface area (Å²) < 4.78 is 70.4. The topological polar surface area (TPSA) is 379 Å². The number of alkyl halides is 1. The van der Waals surface area contributed by atoms with Gasteiger partial charge >= 0.3 is 42.6 Å². The summed E-state index contributed by atoms with van der Waals surface area (Å²) >= 11 is 0. The minimum atomic E-state index is -2.18. The van der Waals surface area contributed by atoms with Crippen LogP contribution >= 0.6 is 0 Å². The zero-order chi connectivity index (χ0) is 85.3. The number of rotatable bonds is 29. The fourth-order valence-corrected chi connectivity index (χ4v) is 14.8. The van der Waals surface area contributed by atoms with Gasteiger partial charge < -0.3 is 84.0 Å². The van der Waals surface area contributed by atoms with Crippen molar-refractivity contribution in [2.75, 3.05) is 20.0 Å². The van der Waals surface area contributed by atoms with E-state index in [0.717, 1.165) is 92.1 Å². The zero-order valence-corrected chi connectivity index (χ0v) is 68.9. The minimum absolute atomic E-state index is 0.00756. The number of ether oxygens (including phenoxy) is 11. The fraction of sp³-hybridized carbons (Fsp3) is 0.578. The molecule has 30 heteroatoms. The van der Waals surface area contributed by atoms with Crippen molar-refractivity contribution in [3.8, 4) is 41.1 Å². The van der Waals surface area contributed by atoms with E-state index >= 15 is 0 Å². The smallest absolute Gasteiger partial charge is 0.408 e. The lowest BCUT2D eigenvalue weighted by Gasteiger charge is -2.28. The van der Waals surface area contributed by atoms with E-state index in [0.29, 0.717) is 106 Å². The van der Waals surface area contributed by atoms with Crippen LogP contribution in [0.2, 0.25) is 0 Å². The molecular weight excluding hydrogens is 1550 g/mol. The van der Waals surface area contributed by atoms with E-state index in [1.54, 1.807) is 36.4 Å². The van der Waals surface area contributed by atoms with Crippen molar-refractivity contribution in [2.24, 2.45) is 23.7 Å². The maximum atomic E-state index is 13.5. The maximum Gasteiger partial charge on any atom is 0.408 e. The van der Waals surface area contributed by atoms with Crippen molar-refractivity contribution in [3.63, 3.8) is 0 Å². The van der Waals surface area contributed by atoms with Crippen LogP contribution in [0.5, 0.6) is 28.7 Å². The number of unbranched alkanes of at least 4 members (excludes halogenated alkanes) is 7. The van der Waals surface area contributed by atoms with E-state index in [1.807, 2.05) is 55.5 Å². The molecule has 9 saturated carbocycles. The second kappa shape index (κ2) is 46.5. The number of carbonyl (C=O) groups is 12. The van der Waals surface area contributed by atoms with Gasteiger partial charge in [0.15, 0.2) is 57.7 Å². The summed E-state index contributed by atoms with van der Waals surface area (Å²) in [7, 11) is 0. The molecule has 4 aromatic rings. The average molecular weight is 1670 g/mol. The summed E-state index contributed by atoms with van der Waals surface area (Å²) in [4.78, 5) is 135. The first-order chi connectivity index (χ1) is 57.9. The number of Topliss-reactive ketones (excluding diaryl/α,β-unsaturated/α-hetero) is 6. The number of carbonyl (C=O) groups excluding carboxylic acids is 12. The van der Waals surface area contributed by atoms with Gasteiger partial charge in [-0.3, -0.25) is 28.8 Å². The van der Waals surface area contributed by atoms with Gasteiger partial charge in [0.1, 0.15) is 38.3 Å². The third kappa shape index (κ3) is 30.1. The monoisotopic (exact) mass is 1670 g/mol. The first-order valence-corrected chi connectivity index (χ1v) is 42.5. The van der Waals surface area contributed by atoms with E-state index in [4.69, 9.17) is 58.5 Å². The Morgan fingerprint density at radius 1 is 0.442 bits per heavy atom. The van der Waals surface area contributed by atoms with Gasteiger partial charge in [-0.25, -0.2) is 28.8 Å². The molecule has 0 saturated heterocycles. The quantitative estimate of drug-likeness (QED) is 0.0167. The lowest BCUT2D eigenvalue weighted by molar-refractivity contribution is -0.173. The van der Waals surface area contributed by atoms with Gasteiger partial charge in [0.25, 0.3) is 0 Å². The molecule has 2 bridgehead atoms. The molecule has 0 spiro atoms. The van der Waals surface area contributed by atoms with Crippen molar-refractivity contribution in [1.82, 2.24) is 31.9 Å². The van der Waals surface area contributed by atoms with Crippen molar-refractivity contribution >= 4 is 71.3 Å². The second-order valence-electron chi connectivity index (χ2n) is 32.3. The van der Waals surface area contributed by atoms with Crippen LogP contribution in [0.3, 0.4) is 0 Å². The van der Waals surface area contributed by atoms with Crippen LogP contribution < -0.4 is 55.6 Å². The van der Waals surface area contributed by atoms with Gasteiger partial charge in [-0.1, -0.05) is 119 Å².